The minimum atomic E-state index is -0.267. The first kappa shape index (κ1) is 23.4. The number of anilines is 1. The Balaban J connectivity index is 1.54. The van der Waals surface area contributed by atoms with Crippen molar-refractivity contribution in [3.05, 3.63) is 100 Å². The van der Waals surface area contributed by atoms with Crippen molar-refractivity contribution >= 4 is 16.7 Å². The molecule has 0 aliphatic rings. The van der Waals surface area contributed by atoms with Crippen LogP contribution in [-0.4, -0.2) is 39.8 Å². The van der Waals surface area contributed by atoms with Crippen molar-refractivity contribution in [2.24, 2.45) is 0 Å². The molecule has 0 amide bonds. The fourth-order valence-electron chi connectivity index (χ4n) is 4.56. The molecule has 2 heterocycles. The molecule has 0 fully saturated rings. The third-order valence-electron chi connectivity index (χ3n) is 6.30. The first-order chi connectivity index (χ1) is 17.6. The van der Waals surface area contributed by atoms with Gasteiger partial charge in [-0.05, 0) is 54.3 Å². The summed E-state index contributed by atoms with van der Waals surface area (Å²) < 4.78 is 5.55. The lowest BCUT2D eigenvalue weighted by atomic mass is 10.0. The highest BCUT2D eigenvalue weighted by molar-refractivity contribution is 5.89. The van der Waals surface area contributed by atoms with Gasteiger partial charge in [0.15, 0.2) is 0 Å². The van der Waals surface area contributed by atoms with Crippen LogP contribution in [0.25, 0.3) is 33.5 Å². The van der Waals surface area contributed by atoms with E-state index in [-0.39, 0.29) is 18.2 Å². The zero-order chi connectivity index (χ0) is 25.1. The average Bonchev–Trinajstić information content (AvgIpc) is 3.33. The van der Waals surface area contributed by atoms with Crippen LogP contribution >= 0.6 is 0 Å². The van der Waals surface area contributed by atoms with Crippen LogP contribution in [0, 0.1) is 6.92 Å². The summed E-state index contributed by atoms with van der Waals surface area (Å²) in [6, 6.07) is 23.4. The lowest BCUT2D eigenvalue weighted by Crippen LogP contribution is -2.28. The van der Waals surface area contributed by atoms with Crippen molar-refractivity contribution in [1.82, 2.24) is 15.0 Å². The van der Waals surface area contributed by atoms with Gasteiger partial charge in [0.05, 0.1) is 36.5 Å². The van der Waals surface area contributed by atoms with Crippen molar-refractivity contribution in [2.75, 3.05) is 19.0 Å². The number of aliphatic hydroxyl groups excluding tert-OH is 1. The topological polar surface area (TPSA) is 103 Å². The molecule has 36 heavy (non-hydrogen) atoms. The summed E-state index contributed by atoms with van der Waals surface area (Å²) in [4.78, 5) is 23.9. The van der Waals surface area contributed by atoms with Gasteiger partial charge in [-0.15, -0.1) is 0 Å². The van der Waals surface area contributed by atoms with Crippen LogP contribution in [0.3, 0.4) is 0 Å². The summed E-state index contributed by atoms with van der Waals surface area (Å²) in [5, 5.41) is 13.4. The molecule has 7 heteroatoms. The van der Waals surface area contributed by atoms with Gasteiger partial charge in [-0.1, -0.05) is 48.5 Å². The van der Waals surface area contributed by atoms with Crippen LogP contribution in [0.5, 0.6) is 5.75 Å². The van der Waals surface area contributed by atoms with Crippen LogP contribution in [0.2, 0.25) is 0 Å². The number of aliphatic hydroxyl groups is 1. The van der Waals surface area contributed by atoms with E-state index >= 15 is 0 Å². The molecular weight excluding hydrogens is 452 g/mol. The van der Waals surface area contributed by atoms with Gasteiger partial charge >= 0.3 is 0 Å². The molecule has 0 aliphatic heterocycles. The molecule has 0 spiro atoms. The molecule has 0 aliphatic carbocycles. The summed E-state index contributed by atoms with van der Waals surface area (Å²) in [6.45, 7) is 1.92. The summed E-state index contributed by atoms with van der Waals surface area (Å²) in [5.74, 6) is 1.25. The predicted octanol–water partition coefficient (Wildman–Crippen LogP) is 4.92. The first-order valence-corrected chi connectivity index (χ1v) is 11.8. The summed E-state index contributed by atoms with van der Waals surface area (Å²) in [6.07, 6.45) is 2.21. The standard InChI is InChI=1S/C29H28N4O3/c1-18-14-20(22-10-6-7-11-25(22)36-2)16-24-27(18)33-28(32-24)26-23(12-13-30-29(26)35)31-21(17-34)15-19-8-4-3-5-9-19/h3-14,16,21,34H,15,17H2,1-2H3,(H,32,33)(H2,30,31,35)/t21-/m0/s1. The Morgan fingerprint density at radius 2 is 1.83 bits per heavy atom. The Kier molecular flexibility index (Phi) is 6.56. The van der Waals surface area contributed by atoms with Gasteiger partial charge in [0.1, 0.15) is 17.1 Å². The number of H-pyrrole nitrogens is 2. The van der Waals surface area contributed by atoms with Crippen LogP contribution in [0.1, 0.15) is 11.1 Å². The number of hydrogen-bond donors (Lipinski definition) is 4. The zero-order valence-corrected chi connectivity index (χ0v) is 20.2. The van der Waals surface area contributed by atoms with Gasteiger partial charge in [0.25, 0.3) is 5.56 Å². The second-order valence-electron chi connectivity index (χ2n) is 8.78. The molecule has 4 N–H and O–H groups in total. The lowest BCUT2D eigenvalue weighted by molar-refractivity contribution is 0.274. The SMILES string of the molecule is COc1ccccc1-c1cc(C)c2nc(-c3c(N[C@H](CO)Cc4ccccc4)cc[nH]c3=O)[nH]c2c1. The van der Waals surface area contributed by atoms with Crippen LogP contribution in [-0.2, 0) is 6.42 Å². The van der Waals surface area contributed by atoms with Crippen molar-refractivity contribution in [3.8, 4) is 28.3 Å². The number of nitrogens with one attached hydrogen (secondary N) is 3. The largest absolute Gasteiger partial charge is 0.496 e. The third-order valence-corrected chi connectivity index (χ3v) is 6.30. The van der Waals surface area contributed by atoms with E-state index in [2.05, 4.69) is 21.4 Å². The van der Waals surface area contributed by atoms with Crippen molar-refractivity contribution in [2.45, 2.75) is 19.4 Å². The molecule has 7 nitrogen and oxygen atoms in total. The molecule has 2 aromatic heterocycles. The van der Waals surface area contributed by atoms with Crippen LogP contribution in [0.4, 0.5) is 5.69 Å². The normalized spacial score (nSPS) is 12.0. The van der Waals surface area contributed by atoms with Gasteiger partial charge in [0, 0.05) is 11.8 Å². The third kappa shape index (κ3) is 4.61. The highest BCUT2D eigenvalue weighted by Gasteiger charge is 2.19. The van der Waals surface area contributed by atoms with Gasteiger partial charge in [-0.25, -0.2) is 4.98 Å². The number of imidazole rings is 1. The maximum absolute atomic E-state index is 13.0. The van der Waals surface area contributed by atoms with Crippen LogP contribution in [0.15, 0.2) is 83.8 Å². The molecular formula is C29H28N4O3. The summed E-state index contributed by atoms with van der Waals surface area (Å²) in [5.41, 5.74) is 6.41. The van der Waals surface area contributed by atoms with E-state index in [0.29, 0.717) is 23.5 Å². The Hall–Kier alpha value is -4.36. The molecule has 182 valence electrons. The molecule has 5 rings (SSSR count). The molecule has 0 saturated carbocycles. The number of ether oxygens (including phenoxy) is 1. The van der Waals surface area contributed by atoms with Crippen molar-refractivity contribution in [3.63, 3.8) is 0 Å². The Labute approximate surface area is 208 Å². The van der Waals surface area contributed by atoms with E-state index in [9.17, 15) is 9.90 Å². The number of pyridine rings is 1. The van der Waals surface area contributed by atoms with Gasteiger partial charge in [0.2, 0.25) is 0 Å². The maximum Gasteiger partial charge on any atom is 0.261 e. The fourth-order valence-corrected chi connectivity index (χ4v) is 4.56. The molecule has 0 bridgehead atoms. The number of benzene rings is 3. The number of aromatic nitrogens is 3. The van der Waals surface area contributed by atoms with Crippen molar-refractivity contribution < 1.29 is 9.84 Å². The first-order valence-electron chi connectivity index (χ1n) is 11.8. The van der Waals surface area contributed by atoms with Crippen LogP contribution < -0.4 is 15.6 Å². The summed E-state index contributed by atoms with van der Waals surface area (Å²) >= 11 is 0. The smallest absolute Gasteiger partial charge is 0.261 e. The number of methoxy groups -OCH3 is 1. The number of fused-ring (bicyclic) bond motifs is 1. The molecule has 1 atom stereocenters. The predicted molar refractivity (Wildman–Crippen MR) is 144 cm³/mol. The van der Waals surface area contributed by atoms with E-state index in [1.54, 1.807) is 19.4 Å². The Bertz CT molecular complexity index is 1560. The number of aryl methyl sites for hydroxylation is 1. The maximum atomic E-state index is 13.0. The highest BCUT2D eigenvalue weighted by atomic mass is 16.5. The van der Waals surface area contributed by atoms with E-state index in [1.165, 1.54) is 0 Å². The number of aromatic amines is 2. The second-order valence-corrected chi connectivity index (χ2v) is 8.78. The van der Waals surface area contributed by atoms with E-state index in [0.717, 1.165) is 39.0 Å². The zero-order valence-electron chi connectivity index (χ0n) is 20.2. The second kappa shape index (κ2) is 10.1. The average molecular weight is 481 g/mol. The quantitative estimate of drug-likeness (QED) is 0.253. The van der Waals surface area contributed by atoms with Crippen molar-refractivity contribution in [1.29, 1.82) is 0 Å². The summed E-state index contributed by atoms with van der Waals surface area (Å²) in [7, 11) is 1.66. The monoisotopic (exact) mass is 480 g/mol. The van der Waals surface area contributed by atoms with Gasteiger partial charge in [-0.2, -0.15) is 0 Å². The minimum absolute atomic E-state index is 0.0807. The molecule has 5 aromatic rings. The van der Waals surface area contributed by atoms with E-state index < -0.39 is 0 Å². The molecule has 0 saturated heterocycles. The lowest BCUT2D eigenvalue weighted by Gasteiger charge is -2.19. The van der Waals surface area contributed by atoms with E-state index in [4.69, 9.17) is 9.72 Å². The number of para-hydroxylation sites is 1. The number of nitrogens with zero attached hydrogens (tertiary/aromatic N) is 1. The molecule has 3 aromatic carbocycles. The van der Waals surface area contributed by atoms with Gasteiger partial charge < -0.3 is 25.1 Å². The minimum Gasteiger partial charge on any atom is -0.496 e. The molecule has 0 unspecified atom stereocenters. The Morgan fingerprint density at radius 1 is 1.06 bits per heavy atom. The fraction of sp³-hybridized carbons (Fsp3) is 0.172. The van der Waals surface area contributed by atoms with E-state index in [1.807, 2.05) is 67.6 Å². The number of rotatable bonds is 8. The number of hydrogen-bond acceptors (Lipinski definition) is 5. The highest BCUT2D eigenvalue weighted by Crippen LogP contribution is 2.34. The Morgan fingerprint density at radius 3 is 2.61 bits per heavy atom. The molecule has 0 radical (unpaired) electrons. The van der Waals surface area contributed by atoms with Gasteiger partial charge in [-0.3, -0.25) is 4.79 Å².